The van der Waals surface area contributed by atoms with Gasteiger partial charge in [-0.2, -0.15) is 8.78 Å². The van der Waals surface area contributed by atoms with Gasteiger partial charge in [-0.05, 0) is 49.4 Å². The number of aliphatic imine (C=N–C) groups is 1. The number of nitrogens with zero attached hydrogens (tertiary/aromatic N) is 3. The third kappa shape index (κ3) is 4.34. The predicted octanol–water partition coefficient (Wildman–Crippen LogP) is 5.47. The van der Waals surface area contributed by atoms with E-state index >= 15 is 0 Å². The zero-order chi connectivity index (χ0) is 22.0. The third-order valence-electron chi connectivity index (χ3n) is 4.61. The summed E-state index contributed by atoms with van der Waals surface area (Å²) in [7, 11) is 0. The van der Waals surface area contributed by atoms with Crippen LogP contribution in [0.5, 0.6) is 5.88 Å². The van der Waals surface area contributed by atoms with E-state index < -0.39 is 11.3 Å². The van der Waals surface area contributed by atoms with Gasteiger partial charge in [0.25, 0.3) is 11.3 Å². The van der Waals surface area contributed by atoms with Gasteiger partial charge in [0, 0.05) is 27.6 Å². The molecule has 0 atom stereocenters. The lowest BCUT2D eigenvalue weighted by Crippen LogP contribution is -2.21. The third-order valence-corrected chi connectivity index (χ3v) is 5.33. The Bertz CT molecular complexity index is 1340. The van der Waals surface area contributed by atoms with Crippen molar-refractivity contribution in [3.05, 3.63) is 88.3 Å². The monoisotopic (exact) mass is 437 g/mol. The number of benzene rings is 2. The summed E-state index contributed by atoms with van der Waals surface area (Å²) >= 11 is 0.458. The first-order valence-corrected chi connectivity index (χ1v) is 10.2. The van der Waals surface area contributed by atoms with Gasteiger partial charge in [-0.3, -0.25) is 9.79 Å². The van der Waals surface area contributed by atoms with Crippen molar-refractivity contribution in [2.24, 2.45) is 4.99 Å². The minimum Gasteiger partial charge on any atom is -0.494 e. The molecule has 0 saturated carbocycles. The van der Waals surface area contributed by atoms with E-state index in [1.54, 1.807) is 73.7 Å². The highest BCUT2D eigenvalue weighted by Gasteiger charge is 2.17. The van der Waals surface area contributed by atoms with Crippen molar-refractivity contribution in [1.82, 2.24) is 9.55 Å². The Kier molecular flexibility index (Phi) is 5.81. The van der Waals surface area contributed by atoms with E-state index in [0.717, 1.165) is 4.57 Å². The molecule has 5 nitrogen and oxygen atoms in total. The van der Waals surface area contributed by atoms with Crippen molar-refractivity contribution in [3.8, 4) is 11.7 Å². The van der Waals surface area contributed by atoms with Crippen molar-refractivity contribution < 1.29 is 13.9 Å². The first-order chi connectivity index (χ1) is 14.9. The number of aromatic nitrogens is 2. The lowest BCUT2D eigenvalue weighted by Gasteiger charge is -2.13. The number of aryl methyl sites for hydroxylation is 1. The molecule has 31 heavy (non-hydrogen) atoms. The molecule has 0 aliphatic heterocycles. The Morgan fingerprint density at radius 3 is 2.42 bits per heavy atom. The number of aromatic hydroxyl groups is 1. The number of hydrogen-bond donors (Lipinski definition) is 1. The minimum absolute atomic E-state index is 0.282. The molecule has 0 bridgehead atoms. The summed E-state index contributed by atoms with van der Waals surface area (Å²) < 4.78 is 26.1. The summed E-state index contributed by atoms with van der Waals surface area (Å²) in [5, 5.41) is 11.9. The largest absolute Gasteiger partial charge is 0.494 e. The van der Waals surface area contributed by atoms with Crippen molar-refractivity contribution in [2.75, 3.05) is 0 Å². The summed E-state index contributed by atoms with van der Waals surface area (Å²) in [5.41, 5.74) is 1.18. The zero-order valence-electron chi connectivity index (χ0n) is 16.4. The van der Waals surface area contributed by atoms with Gasteiger partial charge >= 0.3 is 0 Å². The van der Waals surface area contributed by atoms with Gasteiger partial charge in [-0.25, -0.2) is 9.55 Å². The molecular weight excluding hydrogens is 420 g/mol. The fourth-order valence-corrected chi connectivity index (χ4v) is 3.71. The van der Waals surface area contributed by atoms with E-state index in [9.17, 15) is 18.7 Å². The molecule has 0 spiro atoms. The summed E-state index contributed by atoms with van der Waals surface area (Å²) in [6.45, 7) is 1.80. The van der Waals surface area contributed by atoms with Gasteiger partial charge in [-0.1, -0.05) is 36.0 Å². The Balaban J connectivity index is 1.84. The molecule has 2 aromatic heterocycles. The second kappa shape index (κ2) is 8.69. The molecule has 2 aromatic carbocycles. The van der Waals surface area contributed by atoms with Crippen LogP contribution in [0.1, 0.15) is 11.3 Å². The van der Waals surface area contributed by atoms with E-state index in [1.807, 2.05) is 0 Å². The normalized spacial score (nSPS) is 11.6. The van der Waals surface area contributed by atoms with Crippen molar-refractivity contribution in [1.29, 1.82) is 0 Å². The average molecular weight is 437 g/mol. The molecule has 0 aliphatic rings. The molecule has 0 radical (unpaired) electrons. The molecule has 0 amide bonds. The number of rotatable bonds is 5. The highest BCUT2D eigenvalue weighted by molar-refractivity contribution is 7.99. The van der Waals surface area contributed by atoms with Crippen LogP contribution in [0.2, 0.25) is 0 Å². The number of hydrogen-bond acceptors (Lipinski definition) is 5. The quantitative estimate of drug-likeness (QED) is 0.332. The molecule has 2 heterocycles. The maximum atomic E-state index is 13.1. The number of halogens is 2. The highest BCUT2D eigenvalue weighted by Crippen LogP contribution is 2.28. The molecule has 4 aromatic rings. The van der Waals surface area contributed by atoms with Crippen LogP contribution in [0.3, 0.4) is 0 Å². The zero-order valence-corrected chi connectivity index (χ0v) is 17.2. The van der Waals surface area contributed by atoms with Gasteiger partial charge in [0.2, 0.25) is 5.88 Å². The van der Waals surface area contributed by atoms with Crippen LogP contribution in [-0.4, -0.2) is 26.6 Å². The van der Waals surface area contributed by atoms with Crippen LogP contribution < -0.4 is 5.56 Å². The Labute approximate surface area is 180 Å². The highest BCUT2D eigenvalue weighted by atomic mass is 32.2. The fraction of sp³-hybridized carbons (Fsp3) is 0.0870. The van der Waals surface area contributed by atoms with Crippen LogP contribution in [0.25, 0.3) is 16.6 Å². The lowest BCUT2D eigenvalue weighted by molar-refractivity contribution is 0.252. The second-order valence-electron chi connectivity index (χ2n) is 6.69. The maximum absolute atomic E-state index is 13.1. The number of thioether (sulfide) groups is 1. The van der Waals surface area contributed by atoms with E-state index in [-0.39, 0.29) is 5.88 Å². The Hall–Kier alpha value is -3.52. The van der Waals surface area contributed by atoms with E-state index in [0.29, 0.717) is 50.2 Å². The fourth-order valence-electron chi connectivity index (χ4n) is 3.21. The topological polar surface area (TPSA) is 67.5 Å². The van der Waals surface area contributed by atoms with Gasteiger partial charge < -0.3 is 5.11 Å². The van der Waals surface area contributed by atoms with E-state index in [1.165, 1.54) is 6.21 Å². The number of alkyl halides is 2. The maximum Gasteiger partial charge on any atom is 0.288 e. The molecule has 156 valence electrons. The first-order valence-electron chi connectivity index (χ1n) is 9.34. The molecule has 0 fully saturated rings. The van der Waals surface area contributed by atoms with E-state index in [2.05, 4.69) is 9.98 Å². The lowest BCUT2D eigenvalue weighted by atomic mass is 10.1. The summed E-state index contributed by atoms with van der Waals surface area (Å²) in [5.74, 6) is -2.47. The van der Waals surface area contributed by atoms with Crippen molar-refractivity contribution in [2.45, 2.75) is 17.6 Å². The molecule has 1 N–H and O–H groups in total. The standard InChI is InChI=1S/C23H17F2N3O2S/c1-14-5-4-8-20(27-14)28-21(29)18-7-3-2-6-17(18)19(22(28)30)13-26-15-9-11-16(12-10-15)31-23(24)25/h2-13,23,30H,1H3. The van der Waals surface area contributed by atoms with Gasteiger partial charge in [0.15, 0.2) is 0 Å². The molecular formula is C23H17F2N3O2S. The molecule has 0 unspecified atom stereocenters. The number of pyridine rings is 2. The van der Waals surface area contributed by atoms with Crippen LogP contribution in [0.15, 0.2) is 81.4 Å². The smallest absolute Gasteiger partial charge is 0.288 e. The summed E-state index contributed by atoms with van der Waals surface area (Å²) in [6.07, 6.45) is 1.46. The SMILES string of the molecule is Cc1cccc(-n2c(O)c(C=Nc3ccc(SC(F)F)cc3)c3ccccc3c2=O)n1. The van der Waals surface area contributed by atoms with Crippen molar-refractivity contribution >= 4 is 34.4 Å². The second-order valence-corrected chi connectivity index (χ2v) is 7.75. The first kappa shape index (κ1) is 20.7. The molecule has 0 saturated heterocycles. The van der Waals surface area contributed by atoms with Crippen LogP contribution >= 0.6 is 11.8 Å². The predicted molar refractivity (Wildman–Crippen MR) is 119 cm³/mol. The average Bonchev–Trinajstić information content (AvgIpc) is 2.74. The van der Waals surface area contributed by atoms with Crippen LogP contribution in [0.4, 0.5) is 14.5 Å². The molecule has 8 heteroatoms. The van der Waals surface area contributed by atoms with Gasteiger partial charge in [0.1, 0.15) is 5.82 Å². The van der Waals surface area contributed by atoms with Gasteiger partial charge in [0.05, 0.1) is 11.3 Å². The summed E-state index contributed by atoms with van der Waals surface area (Å²) in [4.78, 5) is 22.2. The molecule has 4 rings (SSSR count). The minimum atomic E-state index is -2.49. The van der Waals surface area contributed by atoms with Crippen LogP contribution in [0, 0.1) is 6.92 Å². The Morgan fingerprint density at radius 1 is 1.03 bits per heavy atom. The van der Waals surface area contributed by atoms with Crippen molar-refractivity contribution in [3.63, 3.8) is 0 Å². The Morgan fingerprint density at radius 2 is 1.74 bits per heavy atom. The van der Waals surface area contributed by atoms with Gasteiger partial charge in [-0.15, -0.1) is 0 Å². The van der Waals surface area contributed by atoms with E-state index in [4.69, 9.17) is 0 Å². The van der Waals surface area contributed by atoms with Crippen LogP contribution in [-0.2, 0) is 0 Å². The number of fused-ring (bicyclic) bond motifs is 1. The summed E-state index contributed by atoms with van der Waals surface area (Å²) in [6, 6.07) is 18.4. The molecule has 0 aliphatic carbocycles.